The van der Waals surface area contributed by atoms with Crippen molar-refractivity contribution in [3.8, 4) is 0 Å². The molecule has 9 heteroatoms. The summed E-state index contributed by atoms with van der Waals surface area (Å²) >= 11 is 5.71. The van der Waals surface area contributed by atoms with Gasteiger partial charge in [-0.25, -0.2) is 0 Å². The van der Waals surface area contributed by atoms with Gasteiger partial charge in [-0.15, -0.1) is 0 Å². The van der Waals surface area contributed by atoms with Crippen LogP contribution in [-0.4, -0.2) is 36.3 Å². The zero-order valence-electron chi connectivity index (χ0n) is 16.7. The summed E-state index contributed by atoms with van der Waals surface area (Å²) in [6.45, 7) is 1.73. The summed E-state index contributed by atoms with van der Waals surface area (Å²) in [5.74, 6) is -0.490. The SMILES string of the molecule is O=C(Nc1ccc(Cl)cc1C(F)(F)F)[C@@H](NCCCN1CCCC1=O)c1ccccc1. The zero-order chi connectivity index (χ0) is 22.4. The van der Waals surface area contributed by atoms with E-state index < -0.39 is 23.7 Å². The van der Waals surface area contributed by atoms with Crippen molar-refractivity contribution in [1.82, 2.24) is 10.2 Å². The first-order valence-electron chi connectivity index (χ1n) is 9.99. The third-order valence-electron chi connectivity index (χ3n) is 5.06. The van der Waals surface area contributed by atoms with Crippen LogP contribution in [0.2, 0.25) is 5.02 Å². The van der Waals surface area contributed by atoms with Crippen molar-refractivity contribution in [2.45, 2.75) is 31.5 Å². The van der Waals surface area contributed by atoms with Crippen molar-refractivity contribution in [3.05, 3.63) is 64.7 Å². The molecule has 0 unspecified atom stereocenters. The number of hydrogen-bond donors (Lipinski definition) is 2. The van der Waals surface area contributed by atoms with Gasteiger partial charge in [0.15, 0.2) is 0 Å². The van der Waals surface area contributed by atoms with E-state index in [0.29, 0.717) is 31.5 Å². The zero-order valence-corrected chi connectivity index (χ0v) is 17.5. The minimum absolute atomic E-state index is 0.0699. The van der Waals surface area contributed by atoms with Gasteiger partial charge in [0.1, 0.15) is 6.04 Å². The minimum Gasteiger partial charge on any atom is -0.343 e. The van der Waals surface area contributed by atoms with Gasteiger partial charge in [0, 0.05) is 24.5 Å². The van der Waals surface area contributed by atoms with Gasteiger partial charge in [-0.3, -0.25) is 9.59 Å². The molecule has 2 amide bonds. The van der Waals surface area contributed by atoms with Gasteiger partial charge < -0.3 is 15.5 Å². The maximum atomic E-state index is 13.4. The number of benzene rings is 2. The molecule has 31 heavy (non-hydrogen) atoms. The number of carbonyl (C=O) groups is 2. The fourth-order valence-corrected chi connectivity index (χ4v) is 3.70. The summed E-state index contributed by atoms with van der Waals surface area (Å²) in [6.07, 6.45) is -2.63. The molecule has 0 aromatic heterocycles. The molecule has 1 aliphatic heterocycles. The van der Waals surface area contributed by atoms with E-state index in [-0.39, 0.29) is 16.6 Å². The molecule has 1 atom stereocenters. The molecule has 5 nitrogen and oxygen atoms in total. The van der Waals surface area contributed by atoms with Crippen LogP contribution in [0.3, 0.4) is 0 Å². The van der Waals surface area contributed by atoms with E-state index in [9.17, 15) is 22.8 Å². The summed E-state index contributed by atoms with van der Waals surface area (Å²) in [6, 6.07) is 11.1. The molecule has 0 saturated carbocycles. The number of likely N-dealkylation sites (tertiary alicyclic amines) is 1. The molecule has 1 saturated heterocycles. The molecular formula is C22H23ClF3N3O2. The topological polar surface area (TPSA) is 61.4 Å². The second-order valence-electron chi connectivity index (χ2n) is 7.31. The quantitative estimate of drug-likeness (QED) is 0.572. The molecule has 1 aliphatic rings. The lowest BCUT2D eigenvalue weighted by molar-refractivity contribution is -0.137. The van der Waals surface area contributed by atoms with Crippen molar-refractivity contribution in [2.24, 2.45) is 0 Å². The number of hydrogen-bond acceptors (Lipinski definition) is 3. The number of nitrogens with zero attached hydrogens (tertiary/aromatic N) is 1. The van der Waals surface area contributed by atoms with Gasteiger partial charge in [-0.2, -0.15) is 13.2 Å². The Kier molecular flexibility index (Phi) is 7.56. The molecule has 0 radical (unpaired) electrons. The Bertz CT molecular complexity index is 922. The summed E-state index contributed by atoms with van der Waals surface area (Å²) in [4.78, 5) is 26.4. The Morgan fingerprint density at radius 3 is 2.55 bits per heavy atom. The molecular weight excluding hydrogens is 431 g/mol. The first kappa shape index (κ1) is 23.1. The van der Waals surface area contributed by atoms with E-state index in [0.717, 1.165) is 25.1 Å². The van der Waals surface area contributed by atoms with Crippen LogP contribution >= 0.6 is 11.6 Å². The van der Waals surface area contributed by atoms with Gasteiger partial charge in [0.05, 0.1) is 11.3 Å². The standard InChI is InChI=1S/C22H23ClF3N3O2/c23-16-9-10-18(17(14-16)22(24,25)26)28-21(31)20(15-6-2-1-3-7-15)27-11-5-13-29-12-4-8-19(29)30/h1-3,6-7,9-10,14,20,27H,4-5,8,11-13H2,(H,28,31)/t20-/m0/s1. The van der Waals surface area contributed by atoms with E-state index in [1.54, 1.807) is 35.2 Å². The number of amides is 2. The summed E-state index contributed by atoms with van der Waals surface area (Å²) in [7, 11) is 0. The Morgan fingerprint density at radius 1 is 1.16 bits per heavy atom. The first-order chi connectivity index (χ1) is 14.8. The Hall–Kier alpha value is -2.58. The normalized spacial score (nSPS) is 15.2. The van der Waals surface area contributed by atoms with Crippen LogP contribution in [0.25, 0.3) is 0 Å². The predicted octanol–water partition coefficient (Wildman–Crippen LogP) is 4.64. The molecule has 2 N–H and O–H groups in total. The minimum atomic E-state index is -4.66. The fraction of sp³-hybridized carbons (Fsp3) is 0.364. The van der Waals surface area contributed by atoms with Crippen molar-refractivity contribution in [3.63, 3.8) is 0 Å². The van der Waals surface area contributed by atoms with Gasteiger partial charge in [-0.05, 0) is 43.1 Å². The molecule has 2 aromatic rings. The number of halogens is 4. The fourth-order valence-electron chi connectivity index (χ4n) is 3.53. The van der Waals surface area contributed by atoms with Crippen LogP contribution in [0.15, 0.2) is 48.5 Å². The predicted molar refractivity (Wildman–Crippen MR) is 113 cm³/mol. The smallest absolute Gasteiger partial charge is 0.343 e. The molecule has 1 fully saturated rings. The molecule has 0 bridgehead atoms. The number of rotatable bonds is 8. The third kappa shape index (κ3) is 6.21. The van der Waals surface area contributed by atoms with Crippen molar-refractivity contribution < 1.29 is 22.8 Å². The number of anilines is 1. The van der Waals surface area contributed by atoms with E-state index >= 15 is 0 Å². The van der Waals surface area contributed by atoms with E-state index in [1.165, 1.54) is 6.07 Å². The lowest BCUT2D eigenvalue weighted by Gasteiger charge is -2.22. The maximum Gasteiger partial charge on any atom is 0.418 e. The first-order valence-corrected chi connectivity index (χ1v) is 10.4. The molecule has 2 aromatic carbocycles. The van der Waals surface area contributed by atoms with E-state index in [4.69, 9.17) is 11.6 Å². The van der Waals surface area contributed by atoms with Crippen molar-refractivity contribution >= 4 is 29.1 Å². The lowest BCUT2D eigenvalue weighted by atomic mass is 10.1. The van der Waals surface area contributed by atoms with Gasteiger partial charge >= 0.3 is 6.18 Å². The molecule has 3 rings (SSSR count). The number of nitrogens with one attached hydrogen (secondary N) is 2. The molecule has 166 valence electrons. The highest BCUT2D eigenvalue weighted by Gasteiger charge is 2.35. The second kappa shape index (κ2) is 10.2. The summed E-state index contributed by atoms with van der Waals surface area (Å²) in [5.41, 5.74) is -0.736. The van der Waals surface area contributed by atoms with Crippen LogP contribution in [0.1, 0.15) is 36.4 Å². The van der Waals surface area contributed by atoms with Crippen LogP contribution < -0.4 is 10.6 Å². The van der Waals surface area contributed by atoms with Crippen LogP contribution in [0.5, 0.6) is 0 Å². The second-order valence-corrected chi connectivity index (χ2v) is 7.75. The average Bonchev–Trinajstić information content (AvgIpc) is 3.14. The van der Waals surface area contributed by atoms with Gasteiger partial charge in [-0.1, -0.05) is 41.9 Å². The number of carbonyl (C=O) groups excluding carboxylic acids is 2. The summed E-state index contributed by atoms with van der Waals surface area (Å²) < 4.78 is 40.1. The van der Waals surface area contributed by atoms with Crippen LogP contribution in [-0.2, 0) is 15.8 Å². The highest BCUT2D eigenvalue weighted by atomic mass is 35.5. The molecule has 0 aliphatic carbocycles. The van der Waals surface area contributed by atoms with Gasteiger partial charge in [0.2, 0.25) is 11.8 Å². The lowest BCUT2D eigenvalue weighted by Crippen LogP contribution is -2.35. The van der Waals surface area contributed by atoms with E-state index in [2.05, 4.69) is 10.6 Å². The molecule has 1 heterocycles. The van der Waals surface area contributed by atoms with Gasteiger partial charge in [0.25, 0.3) is 0 Å². The monoisotopic (exact) mass is 453 g/mol. The molecule has 0 spiro atoms. The van der Waals surface area contributed by atoms with Crippen molar-refractivity contribution in [2.75, 3.05) is 25.0 Å². The third-order valence-corrected chi connectivity index (χ3v) is 5.30. The average molecular weight is 454 g/mol. The maximum absolute atomic E-state index is 13.4. The van der Waals surface area contributed by atoms with Crippen LogP contribution in [0.4, 0.5) is 18.9 Å². The van der Waals surface area contributed by atoms with Crippen LogP contribution in [0, 0.1) is 0 Å². The highest BCUT2D eigenvalue weighted by molar-refractivity contribution is 6.30. The largest absolute Gasteiger partial charge is 0.418 e. The highest BCUT2D eigenvalue weighted by Crippen LogP contribution is 2.36. The number of alkyl halides is 3. The Labute approximate surface area is 183 Å². The van der Waals surface area contributed by atoms with Crippen molar-refractivity contribution in [1.29, 1.82) is 0 Å². The Morgan fingerprint density at radius 2 is 1.90 bits per heavy atom. The summed E-state index contributed by atoms with van der Waals surface area (Å²) in [5, 5.41) is 5.42. The Balaban J connectivity index is 1.71. The van der Waals surface area contributed by atoms with E-state index in [1.807, 2.05) is 0 Å².